The summed E-state index contributed by atoms with van der Waals surface area (Å²) in [5.41, 5.74) is 2.33. The summed E-state index contributed by atoms with van der Waals surface area (Å²) < 4.78 is 11.9. The lowest BCUT2D eigenvalue weighted by atomic mass is 9.86. The molecule has 2 rings (SSSR count). The van der Waals surface area contributed by atoms with E-state index in [1.165, 1.54) is 5.56 Å². The Balaban J connectivity index is 1.88. The number of para-hydroxylation sites is 3. The molecule has 0 saturated carbocycles. The van der Waals surface area contributed by atoms with E-state index in [1.54, 1.807) is 0 Å². The molecular weight excluding hydrogens is 310 g/mol. The Kier molecular flexibility index (Phi) is 7.17. The summed E-state index contributed by atoms with van der Waals surface area (Å²) in [6.07, 6.45) is 2.21. The number of rotatable bonds is 9. The van der Waals surface area contributed by atoms with Crippen LogP contribution in [0, 0.1) is 0 Å². The largest absolute Gasteiger partial charge is 0.491 e. The molecule has 0 heterocycles. The van der Waals surface area contributed by atoms with E-state index in [2.05, 4.69) is 45.1 Å². The molecule has 2 aromatic rings. The highest BCUT2D eigenvalue weighted by molar-refractivity contribution is 5.56. The second-order valence-corrected chi connectivity index (χ2v) is 7.22. The first-order valence-electron chi connectivity index (χ1n) is 9.20. The van der Waals surface area contributed by atoms with Crippen molar-refractivity contribution in [3.63, 3.8) is 0 Å². The molecule has 0 spiro atoms. The normalized spacial score (nSPS) is 11.2. The number of nitrogens with one attached hydrogen (secondary N) is 1. The minimum absolute atomic E-state index is 0.0732. The van der Waals surface area contributed by atoms with Crippen molar-refractivity contribution in [3.05, 3.63) is 54.1 Å². The molecule has 0 atom stereocenters. The smallest absolute Gasteiger partial charge is 0.142 e. The summed E-state index contributed by atoms with van der Waals surface area (Å²) in [7, 11) is 0. The van der Waals surface area contributed by atoms with Crippen LogP contribution in [0.1, 0.15) is 46.1 Å². The van der Waals surface area contributed by atoms with Crippen LogP contribution in [0.4, 0.5) is 5.69 Å². The molecule has 0 unspecified atom stereocenters. The van der Waals surface area contributed by atoms with Crippen molar-refractivity contribution in [1.82, 2.24) is 0 Å². The van der Waals surface area contributed by atoms with Crippen molar-refractivity contribution in [2.45, 2.75) is 46.0 Å². The lowest BCUT2D eigenvalue weighted by molar-refractivity contribution is 0.309. The summed E-state index contributed by atoms with van der Waals surface area (Å²) in [6, 6.07) is 16.3. The van der Waals surface area contributed by atoms with Gasteiger partial charge in [-0.2, -0.15) is 0 Å². The molecule has 0 aliphatic carbocycles. The summed E-state index contributed by atoms with van der Waals surface area (Å²) in [4.78, 5) is 0. The number of hydrogen-bond donors (Lipinski definition) is 1. The van der Waals surface area contributed by atoms with Crippen molar-refractivity contribution in [3.8, 4) is 11.5 Å². The molecule has 3 nitrogen and oxygen atoms in total. The standard InChI is InChI=1S/C22H31NO2/c1-5-6-16-24-21-14-10-8-12-19(21)23-15-17-25-20-13-9-7-11-18(20)22(2,3)4/h7-14,23H,5-6,15-17H2,1-4H3. The number of anilines is 1. The Morgan fingerprint density at radius 2 is 1.48 bits per heavy atom. The van der Waals surface area contributed by atoms with Gasteiger partial charge in [0.1, 0.15) is 18.1 Å². The van der Waals surface area contributed by atoms with Crippen LogP contribution in [0.15, 0.2) is 48.5 Å². The van der Waals surface area contributed by atoms with Crippen LogP contribution in [0.25, 0.3) is 0 Å². The molecular formula is C22H31NO2. The molecule has 0 aromatic heterocycles. The van der Waals surface area contributed by atoms with Gasteiger partial charge in [0.25, 0.3) is 0 Å². The van der Waals surface area contributed by atoms with Crippen molar-refractivity contribution in [1.29, 1.82) is 0 Å². The third-order valence-corrected chi connectivity index (χ3v) is 4.01. The van der Waals surface area contributed by atoms with Gasteiger partial charge in [-0.05, 0) is 35.6 Å². The topological polar surface area (TPSA) is 30.5 Å². The minimum Gasteiger partial charge on any atom is -0.491 e. The highest BCUT2D eigenvalue weighted by Gasteiger charge is 2.18. The molecule has 2 aromatic carbocycles. The molecule has 0 fully saturated rings. The predicted molar refractivity (Wildman–Crippen MR) is 106 cm³/mol. The minimum atomic E-state index is 0.0732. The average molecular weight is 341 g/mol. The van der Waals surface area contributed by atoms with E-state index in [9.17, 15) is 0 Å². The Morgan fingerprint density at radius 3 is 2.20 bits per heavy atom. The third-order valence-electron chi connectivity index (χ3n) is 4.01. The van der Waals surface area contributed by atoms with Gasteiger partial charge in [-0.15, -0.1) is 0 Å². The highest BCUT2D eigenvalue weighted by atomic mass is 16.5. The van der Waals surface area contributed by atoms with Gasteiger partial charge in [-0.1, -0.05) is 64.4 Å². The maximum atomic E-state index is 6.02. The zero-order chi connectivity index (χ0) is 18.1. The second-order valence-electron chi connectivity index (χ2n) is 7.22. The monoisotopic (exact) mass is 341 g/mol. The maximum absolute atomic E-state index is 6.02. The molecule has 0 amide bonds. The zero-order valence-corrected chi connectivity index (χ0v) is 16.0. The fourth-order valence-electron chi connectivity index (χ4n) is 2.62. The quantitative estimate of drug-likeness (QED) is 0.597. The van der Waals surface area contributed by atoms with Crippen molar-refractivity contribution >= 4 is 5.69 Å². The molecule has 0 bridgehead atoms. The summed E-state index contributed by atoms with van der Waals surface area (Å²) >= 11 is 0. The molecule has 0 saturated heterocycles. The number of unbranched alkanes of at least 4 members (excludes halogenated alkanes) is 1. The van der Waals surface area contributed by atoms with Crippen LogP contribution in [-0.4, -0.2) is 19.8 Å². The van der Waals surface area contributed by atoms with Crippen LogP contribution in [0.2, 0.25) is 0 Å². The molecule has 136 valence electrons. The fourth-order valence-corrected chi connectivity index (χ4v) is 2.62. The lowest BCUT2D eigenvalue weighted by Gasteiger charge is -2.22. The molecule has 25 heavy (non-hydrogen) atoms. The van der Waals surface area contributed by atoms with E-state index in [0.29, 0.717) is 6.61 Å². The SMILES string of the molecule is CCCCOc1ccccc1NCCOc1ccccc1C(C)(C)C. The van der Waals surface area contributed by atoms with Gasteiger partial charge in [0.2, 0.25) is 0 Å². The van der Waals surface area contributed by atoms with Gasteiger partial charge in [-0.3, -0.25) is 0 Å². The fraction of sp³-hybridized carbons (Fsp3) is 0.455. The van der Waals surface area contributed by atoms with Crippen molar-refractivity contribution in [2.24, 2.45) is 0 Å². The number of hydrogen-bond acceptors (Lipinski definition) is 3. The van der Waals surface area contributed by atoms with E-state index in [1.807, 2.05) is 36.4 Å². The molecule has 1 N–H and O–H groups in total. The van der Waals surface area contributed by atoms with E-state index < -0.39 is 0 Å². The van der Waals surface area contributed by atoms with Crippen LogP contribution < -0.4 is 14.8 Å². The van der Waals surface area contributed by atoms with E-state index in [4.69, 9.17) is 9.47 Å². The summed E-state index contributed by atoms with van der Waals surface area (Å²) in [5, 5.41) is 3.42. The maximum Gasteiger partial charge on any atom is 0.142 e. The predicted octanol–water partition coefficient (Wildman–Crippen LogP) is 5.65. The molecule has 0 aliphatic rings. The Bertz CT molecular complexity index is 646. The number of benzene rings is 2. The van der Waals surface area contributed by atoms with Gasteiger partial charge in [0.05, 0.1) is 12.3 Å². The third kappa shape index (κ3) is 6.00. The first kappa shape index (κ1) is 19.2. The van der Waals surface area contributed by atoms with E-state index in [0.717, 1.165) is 43.2 Å². The summed E-state index contributed by atoms with van der Waals surface area (Å²) in [5.74, 6) is 1.87. The van der Waals surface area contributed by atoms with Gasteiger partial charge >= 0.3 is 0 Å². The van der Waals surface area contributed by atoms with Gasteiger partial charge in [-0.25, -0.2) is 0 Å². The van der Waals surface area contributed by atoms with Crippen molar-refractivity contribution < 1.29 is 9.47 Å². The zero-order valence-electron chi connectivity index (χ0n) is 16.0. The second kappa shape index (κ2) is 9.36. The summed E-state index contributed by atoms with van der Waals surface area (Å²) in [6.45, 7) is 10.9. The van der Waals surface area contributed by atoms with Gasteiger partial charge < -0.3 is 14.8 Å². The first-order valence-corrected chi connectivity index (χ1v) is 9.20. The Morgan fingerprint density at radius 1 is 0.840 bits per heavy atom. The average Bonchev–Trinajstić information content (AvgIpc) is 2.59. The van der Waals surface area contributed by atoms with Gasteiger partial charge in [0, 0.05) is 6.54 Å². The van der Waals surface area contributed by atoms with Gasteiger partial charge in [0.15, 0.2) is 0 Å². The van der Waals surface area contributed by atoms with Crippen molar-refractivity contribution in [2.75, 3.05) is 25.1 Å². The van der Waals surface area contributed by atoms with Crippen LogP contribution >= 0.6 is 0 Å². The van der Waals surface area contributed by atoms with Crippen LogP contribution in [0.3, 0.4) is 0 Å². The Hall–Kier alpha value is -2.16. The molecule has 0 radical (unpaired) electrons. The van der Waals surface area contributed by atoms with Crippen LogP contribution in [-0.2, 0) is 5.41 Å². The van der Waals surface area contributed by atoms with E-state index >= 15 is 0 Å². The molecule has 3 heteroatoms. The molecule has 0 aliphatic heterocycles. The Labute approximate surface area is 152 Å². The highest BCUT2D eigenvalue weighted by Crippen LogP contribution is 2.31. The van der Waals surface area contributed by atoms with E-state index in [-0.39, 0.29) is 5.41 Å². The number of ether oxygens (including phenoxy) is 2. The van der Waals surface area contributed by atoms with Crippen LogP contribution in [0.5, 0.6) is 11.5 Å². The first-order chi connectivity index (χ1) is 12.0. The lowest BCUT2D eigenvalue weighted by Crippen LogP contribution is -2.16.